The lowest BCUT2D eigenvalue weighted by Gasteiger charge is -2.17. The Morgan fingerprint density at radius 2 is 2.12 bits per heavy atom. The molecule has 0 aliphatic carbocycles. The van der Waals surface area contributed by atoms with Crippen molar-refractivity contribution in [2.75, 3.05) is 13.1 Å². The lowest BCUT2D eigenvalue weighted by Crippen LogP contribution is -2.29. The van der Waals surface area contributed by atoms with Crippen molar-refractivity contribution >= 4 is 16.9 Å². The molecule has 1 N–H and O–H groups in total. The van der Waals surface area contributed by atoms with Crippen molar-refractivity contribution in [1.29, 1.82) is 0 Å². The molecule has 6 nitrogen and oxygen atoms in total. The molecule has 1 aromatic carbocycles. The van der Waals surface area contributed by atoms with Gasteiger partial charge in [-0.2, -0.15) is 5.10 Å². The third-order valence-corrected chi connectivity index (χ3v) is 4.66. The van der Waals surface area contributed by atoms with E-state index in [2.05, 4.69) is 5.10 Å². The van der Waals surface area contributed by atoms with Crippen molar-refractivity contribution in [3.05, 3.63) is 48.2 Å². The number of aromatic nitrogens is 3. The normalized spacial score (nSPS) is 17.4. The van der Waals surface area contributed by atoms with Crippen LogP contribution in [0.5, 0.6) is 0 Å². The van der Waals surface area contributed by atoms with Crippen molar-refractivity contribution in [1.82, 2.24) is 19.7 Å². The zero-order valence-electron chi connectivity index (χ0n) is 14.1. The molecule has 1 atom stereocenters. The Hall–Kier alpha value is -2.73. The van der Waals surface area contributed by atoms with Crippen LogP contribution in [0, 0.1) is 0 Å². The summed E-state index contributed by atoms with van der Waals surface area (Å²) in [7, 11) is 0. The summed E-state index contributed by atoms with van der Waals surface area (Å²) in [6.07, 6.45) is 1.90. The Bertz CT molecular complexity index is 920. The molecule has 4 rings (SSSR count). The van der Waals surface area contributed by atoms with Crippen molar-refractivity contribution < 1.29 is 9.90 Å². The van der Waals surface area contributed by atoms with Gasteiger partial charge >= 0.3 is 0 Å². The Labute approximate surface area is 145 Å². The Morgan fingerprint density at radius 3 is 2.80 bits per heavy atom. The summed E-state index contributed by atoms with van der Waals surface area (Å²) in [6, 6.07) is 11.7. The third kappa shape index (κ3) is 2.78. The number of aliphatic hydroxyl groups is 1. The van der Waals surface area contributed by atoms with Crippen molar-refractivity contribution in [2.24, 2.45) is 0 Å². The molecule has 25 heavy (non-hydrogen) atoms. The summed E-state index contributed by atoms with van der Waals surface area (Å²) in [4.78, 5) is 19.5. The number of amides is 1. The fourth-order valence-corrected chi connectivity index (χ4v) is 3.31. The third-order valence-electron chi connectivity index (χ3n) is 4.66. The molecule has 128 valence electrons. The number of pyridine rings is 1. The predicted molar refractivity (Wildman–Crippen MR) is 95.2 cm³/mol. The van der Waals surface area contributed by atoms with Gasteiger partial charge in [-0.05, 0) is 19.4 Å². The predicted octanol–water partition coefficient (Wildman–Crippen LogP) is 2.33. The summed E-state index contributed by atoms with van der Waals surface area (Å²) in [5.41, 5.74) is 3.03. The van der Waals surface area contributed by atoms with Gasteiger partial charge in [0.05, 0.1) is 28.9 Å². The van der Waals surface area contributed by atoms with Crippen LogP contribution in [0.2, 0.25) is 0 Å². The Morgan fingerprint density at radius 1 is 1.32 bits per heavy atom. The second-order valence-corrected chi connectivity index (χ2v) is 6.31. The largest absolute Gasteiger partial charge is 0.391 e. The van der Waals surface area contributed by atoms with E-state index >= 15 is 0 Å². The number of benzene rings is 1. The van der Waals surface area contributed by atoms with Gasteiger partial charge in [0, 0.05) is 25.2 Å². The van der Waals surface area contributed by atoms with Crippen LogP contribution in [-0.2, 0) is 6.54 Å². The average molecular weight is 336 g/mol. The number of hydrogen-bond donors (Lipinski definition) is 1. The van der Waals surface area contributed by atoms with E-state index in [9.17, 15) is 9.90 Å². The lowest BCUT2D eigenvalue weighted by molar-refractivity contribution is 0.0767. The van der Waals surface area contributed by atoms with Crippen molar-refractivity contribution in [2.45, 2.75) is 26.0 Å². The first-order chi connectivity index (χ1) is 12.2. The summed E-state index contributed by atoms with van der Waals surface area (Å²) in [5.74, 6) is -0.0724. The molecule has 1 aliphatic heterocycles. The molecular weight excluding hydrogens is 316 g/mol. The number of likely N-dealkylation sites (tertiary alicyclic amines) is 1. The van der Waals surface area contributed by atoms with Crippen LogP contribution in [0.25, 0.3) is 22.3 Å². The van der Waals surface area contributed by atoms with Crippen LogP contribution in [0.15, 0.2) is 42.6 Å². The van der Waals surface area contributed by atoms with Gasteiger partial charge in [0.2, 0.25) is 0 Å². The SMILES string of the molecule is CCn1ncc2c(C(=O)N3CC[C@@H](O)C3)cc(-c3ccccc3)nc21. The first kappa shape index (κ1) is 15.8. The minimum absolute atomic E-state index is 0.0724. The molecule has 2 aromatic heterocycles. The topological polar surface area (TPSA) is 71.2 Å². The zero-order valence-corrected chi connectivity index (χ0v) is 14.1. The number of rotatable bonds is 3. The van der Waals surface area contributed by atoms with E-state index in [0.717, 1.165) is 16.6 Å². The minimum Gasteiger partial charge on any atom is -0.391 e. The number of hydrogen-bond acceptors (Lipinski definition) is 4. The van der Waals surface area contributed by atoms with Gasteiger partial charge < -0.3 is 10.0 Å². The number of carbonyl (C=O) groups is 1. The molecule has 0 spiro atoms. The highest BCUT2D eigenvalue weighted by molar-refractivity contribution is 6.06. The highest BCUT2D eigenvalue weighted by Crippen LogP contribution is 2.26. The molecule has 1 aliphatic rings. The maximum absolute atomic E-state index is 13.0. The van der Waals surface area contributed by atoms with Gasteiger partial charge in [0.25, 0.3) is 5.91 Å². The Kier molecular flexibility index (Phi) is 3.97. The molecule has 1 amide bonds. The fourth-order valence-electron chi connectivity index (χ4n) is 3.31. The maximum atomic E-state index is 13.0. The maximum Gasteiger partial charge on any atom is 0.254 e. The number of aliphatic hydroxyl groups excluding tert-OH is 1. The quantitative estimate of drug-likeness (QED) is 0.797. The van der Waals surface area contributed by atoms with Crippen molar-refractivity contribution in [3.8, 4) is 11.3 Å². The molecule has 3 heterocycles. The second kappa shape index (κ2) is 6.29. The number of β-amino-alcohol motifs (C(OH)–C–C–N with tert-alkyl or cyclic N) is 1. The standard InChI is InChI=1S/C19H20N4O2/c1-2-23-18-16(11-20-23)15(19(25)22-9-8-14(24)12-22)10-17(21-18)13-6-4-3-5-7-13/h3-7,10-11,14,24H,2,8-9,12H2,1H3/t14-/m1/s1. The first-order valence-corrected chi connectivity index (χ1v) is 8.56. The molecular formula is C19H20N4O2. The summed E-state index contributed by atoms with van der Waals surface area (Å²) >= 11 is 0. The van der Waals surface area contributed by atoms with E-state index in [1.165, 1.54) is 0 Å². The molecule has 0 bridgehead atoms. The number of nitrogens with zero attached hydrogens (tertiary/aromatic N) is 4. The van der Waals surface area contributed by atoms with Crippen molar-refractivity contribution in [3.63, 3.8) is 0 Å². The summed E-state index contributed by atoms with van der Waals surface area (Å²) < 4.78 is 1.80. The van der Waals surface area contributed by atoms with E-state index in [4.69, 9.17) is 4.98 Å². The summed E-state index contributed by atoms with van der Waals surface area (Å²) in [5, 5.41) is 14.9. The van der Waals surface area contributed by atoms with E-state index in [-0.39, 0.29) is 5.91 Å². The van der Waals surface area contributed by atoms with Crippen LogP contribution in [0.4, 0.5) is 0 Å². The second-order valence-electron chi connectivity index (χ2n) is 6.31. The van der Waals surface area contributed by atoms with Gasteiger partial charge in [-0.1, -0.05) is 30.3 Å². The van der Waals surface area contributed by atoms with Crippen LogP contribution < -0.4 is 0 Å². The zero-order chi connectivity index (χ0) is 17.4. The van der Waals surface area contributed by atoms with E-state index in [1.54, 1.807) is 15.8 Å². The van der Waals surface area contributed by atoms with Crippen LogP contribution in [-0.4, -0.2) is 49.9 Å². The summed E-state index contributed by atoms with van der Waals surface area (Å²) in [6.45, 7) is 3.64. The van der Waals surface area contributed by atoms with E-state index in [1.807, 2.05) is 43.3 Å². The molecule has 1 saturated heterocycles. The first-order valence-electron chi connectivity index (χ1n) is 8.56. The Balaban J connectivity index is 1.87. The van der Waals surface area contributed by atoms with Gasteiger partial charge in [-0.15, -0.1) is 0 Å². The fraction of sp³-hybridized carbons (Fsp3) is 0.316. The van der Waals surface area contributed by atoms with Gasteiger partial charge in [-0.25, -0.2) is 9.67 Å². The van der Waals surface area contributed by atoms with E-state index < -0.39 is 6.10 Å². The molecule has 6 heteroatoms. The number of carbonyl (C=O) groups excluding carboxylic acids is 1. The minimum atomic E-state index is -0.437. The molecule has 1 fully saturated rings. The van der Waals surface area contributed by atoms with E-state index in [0.29, 0.717) is 37.3 Å². The average Bonchev–Trinajstić information content (AvgIpc) is 3.27. The molecule has 0 saturated carbocycles. The van der Waals surface area contributed by atoms with Gasteiger partial charge in [0.15, 0.2) is 5.65 Å². The smallest absolute Gasteiger partial charge is 0.254 e. The highest BCUT2D eigenvalue weighted by Gasteiger charge is 2.27. The van der Waals surface area contributed by atoms with Crippen LogP contribution in [0.3, 0.4) is 0 Å². The van der Waals surface area contributed by atoms with Gasteiger partial charge in [0.1, 0.15) is 0 Å². The highest BCUT2D eigenvalue weighted by atomic mass is 16.3. The molecule has 0 radical (unpaired) electrons. The molecule has 0 unspecified atom stereocenters. The monoisotopic (exact) mass is 336 g/mol. The lowest BCUT2D eigenvalue weighted by atomic mass is 10.1. The van der Waals surface area contributed by atoms with Gasteiger partial charge in [-0.3, -0.25) is 4.79 Å². The van der Waals surface area contributed by atoms with Crippen LogP contribution in [0.1, 0.15) is 23.7 Å². The number of fused-ring (bicyclic) bond motifs is 1. The number of aryl methyl sites for hydroxylation is 1. The molecule has 3 aromatic rings. The van der Waals surface area contributed by atoms with Crippen LogP contribution >= 0.6 is 0 Å².